The number of hydrogen-bond donors (Lipinski definition) is 1. The summed E-state index contributed by atoms with van der Waals surface area (Å²) in [5, 5.41) is 3.10. The summed E-state index contributed by atoms with van der Waals surface area (Å²) in [7, 11) is 0. The molecule has 0 saturated heterocycles. The summed E-state index contributed by atoms with van der Waals surface area (Å²) in [4.78, 5) is 4.45. The molecular formula is C12H15N2O. The van der Waals surface area contributed by atoms with Gasteiger partial charge >= 0.3 is 0 Å². The fourth-order valence-electron chi connectivity index (χ4n) is 1.39. The maximum Gasteiger partial charge on any atom is 0.289 e. The van der Waals surface area contributed by atoms with Gasteiger partial charge in [-0.1, -0.05) is 32.0 Å². The molecule has 1 N–H and O–H groups in total. The number of aliphatic imine (C=N–C) groups is 1. The lowest BCUT2D eigenvalue weighted by molar-refractivity contribution is 0.290. The highest BCUT2D eigenvalue weighted by Gasteiger charge is 2.21. The highest BCUT2D eigenvalue weighted by Crippen LogP contribution is 2.15. The summed E-state index contributed by atoms with van der Waals surface area (Å²) >= 11 is 0. The van der Waals surface area contributed by atoms with Crippen molar-refractivity contribution in [3.63, 3.8) is 0 Å². The van der Waals surface area contributed by atoms with Gasteiger partial charge in [0.05, 0.1) is 11.7 Å². The van der Waals surface area contributed by atoms with E-state index in [1.54, 1.807) is 0 Å². The van der Waals surface area contributed by atoms with Crippen molar-refractivity contribution in [2.75, 3.05) is 11.9 Å². The fourth-order valence-corrected chi connectivity index (χ4v) is 1.39. The Morgan fingerprint density at radius 2 is 2.40 bits per heavy atom. The number of nitrogens with one attached hydrogen (secondary N) is 1. The van der Waals surface area contributed by atoms with Crippen LogP contribution in [0.15, 0.2) is 29.3 Å². The van der Waals surface area contributed by atoms with E-state index in [4.69, 9.17) is 4.74 Å². The average Bonchev–Trinajstić information content (AvgIpc) is 2.68. The fraction of sp³-hybridized carbons (Fsp3) is 0.417. The van der Waals surface area contributed by atoms with E-state index in [-0.39, 0.29) is 6.04 Å². The monoisotopic (exact) mass is 203 g/mol. The van der Waals surface area contributed by atoms with Crippen molar-refractivity contribution in [1.29, 1.82) is 0 Å². The third-order valence-electron chi connectivity index (χ3n) is 2.39. The van der Waals surface area contributed by atoms with Gasteiger partial charge in [0.25, 0.3) is 6.02 Å². The third kappa shape index (κ3) is 2.49. The number of anilines is 1. The van der Waals surface area contributed by atoms with Gasteiger partial charge in [0.2, 0.25) is 0 Å². The second-order valence-corrected chi connectivity index (χ2v) is 3.96. The van der Waals surface area contributed by atoms with E-state index in [9.17, 15) is 0 Å². The number of ether oxygens (including phenoxy) is 1. The first-order valence-corrected chi connectivity index (χ1v) is 5.20. The van der Waals surface area contributed by atoms with Gasteiger partial charge in [0, 0.05) is 6.07 Å². The second-order valence-electron chi connectivity index (χ2n) is 3.96. The summed E-state index contributed by atoms with van der Waals surface area (Å²) in [5.41, 5.74) is 0.889. The number of para-hydroxylation sites is 1. The molecule has 0 unspecified atom stereocenters. The van der Waals surface area contributed by atoms with Crippen LogP contribution in [-0.4, -0.2) is 18.7 Å². The van der Waals surface area contributed by atoms with Gasteiger partial charge < -0.3 is 10.1 Å². The maximum absolute atomic E-state index is 5.45. The van der Waals surface area contributed by atoms with E-state index < -0.39 is 0 Å². The molecule has 0 spiro atoms. The zero-order chi connectivity index (χ0) is 10.7. The molecule has 0 saturated carbocycles. The molecule has 3 heteroatoms. The summed E-state index contributed by atoms with van der Waals surface area (Å²) in [6.07, 6.45) is 0. The molecule has 0 bridgehead atoms. The minimum atomic E-state index is 0.274. The lowest BCUT2D eigenvalue weighted by Crippen LogP contribution is -2.13. The van der Waals surface area contributed by atoms with Gasteiger partial charge in [0.1, 0.15) is 6.61 Å². The van der Waals surface area contributed by atoms with Crippen molar-refractivity contribution in [2.24, 2.45) is 10.9 Å². The molecule has 0 fully saturated rings. The first-order chi connectivity index (χ1) is 7.25. The zero-order valence-corrected chi connectivity index (χ0v) is 9.03. The van der Waals surface area contributed by atoms with Gasteiger partial charge in [-0.15, -0.1) is 0 Å². The van der Waals surface area contributed by atoms with Gasteiger partial charge in [-0.2, -0.15) is 0 Å². The highest BCUT2D eigenvalue weighted by molar-refractivity contribution is 5.89. The summed E-state index contributed by atoms with van der Waals surface area (Å²) in [6, 6.07) is 11.6. The van der Waals surface area contributed by atoms with Crippen molar-refractivity contribution in [2.45, 2.75) is 19.9 Å². The Hall–Kier alpha value is -1.51. The van der Waals surface area contributed by atoms with Gasteiger partial charge in [-0.25, -0.2) is 4.99 Å². The Labute approximate surface area is 90.2 Å². The lowest BCUT2D eigenvalue weighted by atomic mass is 10.1. The lowest BCUT2D eigenvalue weighted by Gasteiger charge is -2.06. The first kappa shape index (κ1) is 10.0. The number of hydrogen-bond acceptors (Lipinski definition) is 3. The predicted molar refractivity (Wildman–Crippen MR) is 60.9 cm³/mol. The molecule has 1 aliphatic heterocycles. The van der Waals surface area contributed by atoms with Gasteiger partial charge in [0.15, 0.2) is 0 Å². The van der Waals surface area contributed by atoms with Crippen LogP contribution >= 0.6 is 0 Å². The van der Waals surface area contributed by atoms with Crippen molar-refractivity contribution in [1.82, 2.24) is 0 Å². The molecule has 1 atom stereocenters. The van der Waals surface area contributed by atoms with E-state index in [2.05, 4.69) is 30.2 Å². The first-order valence-electron chi connectivity index (χ1n) is 5.20. The van der Waals surface area contributed by atoms with Gasteiger partial charge in [-0.3, -0.25) is 0 Å². The Kier molecular flexibility index (Phi) is 2.90. The third-order valence-corrected chi connectivity index (χ3v) is 2.39. The zero-order valence-electron chi connectivity index (χ0n) is 9.03. The van der Waals surface area contributed by atoms with E-state index >= 15 is 0 Å². The Morgan fingerprint density at radius 3 is 3.00 bits per heavy atom. The topological polar surface area (TPSA) is 33.6 Å². The normalized spacial score (nSPS) is 19.9. The minimum absolute atomic E-state index is 0.274. The summed E-state index contributed by atoms with van der Waals surface area (Å²) in [5.74, 6) is 0.518. The maximum atomic E-state index is 5.45. The van der Waals surface area contributed by atoms with Crippen LogP contribution in [0.2, 0.25) is 0 Å². The molecular weight excluding hydrogens is 188 g/mol. The molecule has 0 amide bonds. The van der Waals surface area contributed by atoms with E-state index in [1.165, 1.54) is 0 Å². The number of amidine groups is 1. The number of benzene rings is 1. The molecule has 1 aromatic carbocycles. The molecule has 3 nitrogen and oxygen atoms in total. The van der Waals surface area contributed by atoms with Crippen LogP contribution in [0.1, 0.15) is 13.8 Å². The smallest absolute Gasteiger partial charge is 0.289 e. The van der Waals surface area contributed by atoms with Gasteiger partial charge in [-0.05, 0) is 12.0 Å². The van der Waals surface area contributed by atoms with Crippen molar-refractivity contribution in [3.05, 3.63) is 30.3 Å². The SMILES string of the molecule is CC(C)[C@H]1COC(Nc2[c]cccc2)=N1. The molecule has 15 heavy (non-hydrogen) atoms. The van der Waals surface area contributed by atoms with Crippen LogP contribution in [0.5, 0.6) is 0 Å². The molecule has 2 rings (SSSR count). The van der Waals surface area contributed by atoms with Crippen LogP contribution < -0.4 is 5.32 Å². The molecule has 1 aromatic rings. The highest BCUT2D eigenvalue weighted by atomic mass is 16.5. The van der Waals surface area contributed by atoms with Crippen molar-refractivity contribution >= 4 is 11.7 Å². The molecule has 1 radical (unpaired) electrons. The Morgan fingerprint density at radius 1 is 1.53 bits per heavy atom. The average molecular weight is 203 g/mol. The molecule has 1 aliphatic rings. The van der Waals surface area contributed by atoms with E-state index in [0.29, 0.717) is 18.5 Å². The van der Waals surface area contributed by atoms with Crippen LogP contribution in [0, 0.1) is 12.0 Å². The van der Waals surface area contributed by atoms with Crippen LogP contribution in [0.3, 0.4) is 0 Å². The summed E-state index contributed by atoms with van der Waals surface area (Å²) < 4.78 is 5.45. The molecule has 0 aliphatic carbocycles. The molecule has 1 heterocycles. The largest absolute Gasteiger partial charge is 0.463 e. The minimum Gasteiger partial charge on any atom is -0.463 e. The second kappa shape index (κ2) is 4.34. The van der Waals surface area contributed by atoms with Crippen LogP contribution in [0.4, 0.5) is 5.69 Å². The van der Waals surface area contributed by atoms with E-state index in [1.807, 2.05) is 24.3 Å². The summed E-state index contributed by atoms with van der Waals surface area (Å²) in [6.45, 7) is 4.97. The van der Waals surface area contributed by atoms with Crippen LogP contribution in [-0.2, 0) is 4.74 Å². The number of nitrogens with zero attached hydrogens (tertiary/aromatic N) is 1. The standard InChI is InChI=1S/C12H15N2O/c1-9(2)11-8-15-12(14-11)13-10-6-4-3-5-7-10/h3-6,9,11H,8H2,1-2H3,(H,13,14)/t11-/m1/s1. The van der Waals surface area contributed by atoms with Crippen molar-refractivity contribution in [3.8, 4) is 0 Å². The van der Waals surface area contributed by atoms with E-state index in [0.717, 1.165) is 5.69 Å². The Bertz CT molecular complexity index is 346. The molecule has 0 aromatic heterocycles. The van der Waals surface area contributed by atoms with Crippen molar-refractivity contribution < 1.29 is 4.74 Å². The Balaban J connectivity index is 2.00. The van der Waals surface area contributed by atoms with Crippen LogP contribution in [0.25, 0.3) is 0 Å². The quantitative estimate of drug-likeness (QED) is 0.800. The number of rotatable bonds is 2. The predicted octanol–water partition coefficient (Wildman–Crippen LogP) is 2.31. The molecule has 79 valence electrons.